The van der Waals surface area contributed by atoms with E-state index in [0.717, 1.165) is 56.7 Å². The van der Waals surface area contributed by atoms with E-state index in [1.165, 1.54) is 6.42 Å². The van der Waals surface area contributed by atoms with Crippen molar-refractivity contribution in [3.05, 3.63) is 99.9 Å². The number of furan rings is 1. The molecular weight excluding hydrogens is 592 g/mol. The number of nitrogens with one attached hydrogen (secondary N) is 1. The average Bonchev–Trinajstić information content (AvgIpc) is 3.53. The molecule has 2 aliphatic heterocycles. The SMILES string of the molecule is C[C@@H]1C[C@@H](C)CN(c2ccc(N3C(=S)N[C@@H](c4ccccn4)[C@@H]3c3ccc(-c4ccc(Br)cc4)o3)cc2Cl)C1. The largest absolute Gasteiger partial charge is 0.459 e. The summed E-state index contributed by atoms with van der Waals surface area (Å²) in [5.74, 6) is 2.89. The number of halogens is 2. The van der Waals surface area contributed by atoms with Crippen LogP contribution in [0.25, 0.3) is 11.3 Å². The summed E-state index contributed by atoms with van der Waals surface area (Å²) < 4.78 is 7.52. The number of pyridine rings is 1. The Morgan fingerprint density at radius 1 is 1.00 bits per heavy atom. The van der Waals surface area contributed by atoms with Gasteiger partial charge in [0.1, 0.15) is 17.6 Å². The van der Waals surface area contributed by atoms with Gasteiger partial charge in [0.15, 0.2) is 5.11 Å². The van der Waals surface area contributed by atoms with Crippen molar-refractivity contribution in [1.29, 1.82) is 0 Å². The highest BCUT2D eigenvalue weighted by Gasteiger charge is 2.43. The summed E-state index contributed by atoms with van der Waals surface area (Å²) in [6.07, 6.45) is 3.06. The number of thiocarbonyl (C=S) groups is 1. The first-order chi connectivity index (χ1) is 18.9. The Morgan fingerprint density at radius 3 is 2.46 bits per heavy atom. The van der Waals surface area contributed by atoms with Crippen LogP contribution in [-0.4, -0.2) is 23.2 Å². The van der Waals surface area contributed by atoms with Crippen LogP contribution in [0, 0.1) is 11.8 Å². The minimum atomic E-state index is -0.242. The lowest BCUT2D eigenvalue weighted by atomic mass is 9.91. The molecule has 2 fully saturated rings. The summed E-state index contributed by atoms with van der Waals surface area (Å²) >= 11 is 16.4. The van der Waals surface area contributed by atoms with E-state index in [1.54, 1.807) is 6.20 Å². The Kier molecular flexibility index (Phi) is 7.40. The molecule has 0 bridgehead atoms. The molecule has 0 spiro atoms. The number of piperidine rings is 1. The highest BCUT2D eigenvalue weighted by atomic mass is 79.9. The monoisotopic (exact) mass is 620 g/mol. The summed E-state index contributed by atoms with van der Waals surface area (Å²) in [6.45, 7) is 6.66. The third-order valence-corrected chi connectivity index (χ3v) is 8.71. The number of benzene rings is 2. The van der Waals surface area contributed by atoms with Gasteiger partial charge in [0.05, 0.1) is 22.4 Å². The summed E-state index contributed by atoms with van der Waals surface area (Å²) in [7, 11) is 0. The fraction of sp³-hybridized carbons (Fsp3) is 0.290. The zero-order valence-electron chi connectivity index (χ0n) is 21.9. The molecule has 8 heteroatoms. The second kappa shape index (κ2) is 11.0. The zero-order chi connectivity index (χ0) is 27.1. The maximum atomic E-state index is 6.96. The maximum Gasteiger partial charge on any atom is 0.174 e. The Morgan fingerprint density at radius 2 is 1.77 bits per heavy atom. The highest BCUT2D eigenvalue weighted by molar-refractivity contribution is 9.10. The van der Waals surface area contributed by atoms with E-state index in [0.29, 0.717) is 16.9 Å². The predicted molar refractivity (Wildman–Crippen MR) is 166 cm³/mol. The molecule has 39 heavy (non-hydrogen) atoms. The first-order valence-corrected chi connectivity index (χ1v) is 14.9. The van der Waals surface area contributed by atoms with Gasteiger partial charge in [-0.3, -0.25) is 4.98 Å². The molecule has 2 aromatic heterocycles. The normalized spacial score (nSPS) is 23.2. The molecule has 2 aromatic carbocycles. The summed E-state index contributed by atoms with van der Waals surface area (Å²) in [6, 6.07) is 23.9. The van der Waals surface area contributed by atoms with Crippen molar-refractivity contribution in [2.45, 2.75) is 32.4 Å². The van der Waals surface area contributed by atoms with Crippen LogP contribution in [0.3, 0.4) is 0 Å². The molecule has 4 heterocycles. The molecule has 0 saturated carbocycles. The maximum absolute atomic E-state index is 6.96. The molecule has 2 aliphatic rings. The Balaban J connectivity index is 1.38. The molecule has 0 unspecified atom stereocenters. The van der Waals surface area contributed by atoms with Crippen LogP contribution in [0.2, 0.25) is 5.02 Å². The van der Waals surface area contributed by atoms with E-state index < -0.39 is 0 Å². The summed E-state index contributed by atoms with van der Waals surface area (Å²) in [4.78, 5) is 9.17. The van der Waals surface area contributed by atoms with Crippen LogP contribution >= 0.6 is 39.7 Å². The highest BCUT2D eigenvalue weighted by Crippen LogP contribution is 2.44. The van der Waals surface area contributed by atoms with Crippen molar-refractivity contribution in [1.82, 2.24) is 10.3 Å². The molecule has 0 amide bonds. The lowest BCUT2D eigenvalue weighted by molar-refractivity contribution is 0.357. The minimum Gasteiger partial charge on any atom is -0.459 e. The topological polar surface area (TPSA) is 44.5 Å². The Labute approximate surface area is 248 Å². The van der Waals surface area contributed by atoms with Crippen molar-refractivity contribution < 1.29 is 4.42 Å². The van der Waals surface area contributed by atoms with E-state index in [4.69, 9.17) is 28.2 Å². The molecule has 1 N–H and O–H groups in total. The van der Waals surface area contributed by atoms with Crippen LogP contribution in [0.15, 0.2) is 87.9 Å². The number of rotatable bonds is 5. The first-order valence-electron chi connectivity index (χ1n) is 13.3. The molecular formula is C31H30BrClN4OS. The lowest BCUT2D eigenvalue weighted by Gasteiger charge is -2.37. The van der Waals surface area contributed by atoms with E-state index in [1.807, 2.05) is 60.7 Å². The molecule has 4 aromatic rings. The van der Waals surface area contributed by atoms with Crippen LogP contribution in [0.1, 0.15) is 43.8 Å². The van der Waals surface area contributed by atoms with Crippen molar-refractivity contribution >= 4 is 56.2 Å². The average molecular weight is 622 g/mol. The third-order valence-electron chi connectivity index (χ3n) is 7.56. The second-order valence-corrected chi connectivity index (χ2v) is 12.4. The van der Waals surface area contributed by atoms with Crippen molar-refractivity contribution in [3.63, 3.8) is 0 Å². The van der Waals surface area contributed by atoms with Gasteiger partial charge in [0.25, 0.3) is 0 Å². The number of hydrogen-bond donors (Lipinski definition) is 1. The van der Waals surface area contributed by atoms with Gasteiger partial charge in [0.2, 0.25) is 0 Å². The Bertz CT molecular complexity index is 1470. The number of hydrogen-bond acceptors (Lipinski definition) is 4. The van der Waals surface area contributed by atoms with E-state index in [2.05, 4.69) is 62.0 Å². The minimum absolute atomic E-state index is 0.190. The van der Waals surface area contributed by atoms with Crippen molar-refractivity contribution in [2.24, 2.45) is 11.8 Å². The first kappa shape index (κ1) is 26.4. The number of aromatic nitrogens is 1. The molecule has 0 radical (unpaired) electrons. The Hall–Kier alpha value is -2.87. The molecule has 4 atom stereocenters. The van der Waals surface area contributed by atoms with Gasteiger partial charge in [-0.1, -0.05) is 59.6 Å². The molecule has 0 aliphatic carbocycles. The van der Waals surface area contributed by atoms with Gasteiger partial charge in [-0.2, -0.15) is 0 Å². The fourth-order valence-electron chi connectivity index (χ4n) is 5.96. The van der Waals surface area contributed by atoms with Crippen molar-refractivity contribution in [3.8, 4) is 11.3 Å². The molecule has 2 saturated heterocycles. The second-order valence-electron chi connectivity index (χ2n) is 10.7. The predicted octanol–water partition coefficient (Wildman–Crippen LogP) is 8.42. The van der Waals surface area contributed by atoms with Crippen LogP contribution in [0.4, 0.5) is 11.4 Å². The fourth-order valence-corrected chi connectivity index (χ4v) is 6.87. The van der Waals surface area contributed by atoms with Gasteiger partial charge in [-0.15, -0.1) is 0 Å². The van der Waals surface area contributed by atoms with Gasteiger partial charge in [0, 0.05) is 35.0 Å². The molecule has 5 nitrogen and oxygen atoms in total. The van der Waals surface area contributed by atoms with Crippen LogP contribution in [0.5, 0.6) is 0 Å². The van der Waals surface area contributed by atoms with E-state index >= 15 is 0 Å². The van der Waals surface area contributed by atoms with Crippen LogP contribution in [-0.2, 0) is 0 Å². The van der Waals surface area contributed by atoms with Gasteiger partial charge < -0.3 is 19.5 Å². The zero-order valence-corrected chi connectivity index (χ0v) is 25.0. The van der Waals surface area contributed by atoms with Crippen LogP contribution < -0.4 is 15.1 Å². The van der Waals surface area contributed by atoms with Crippen molar-refractivity contribution in [2.75, 3.05) is 22.9 Å². The van der Waals surface area contributed by atoms with E-state index in [9.17, 15) is 0 Å². The standard InChI is InChI=1S/C31H30BrClN4OS/c1-19-15-20(2)18-36(17-19)26-11-10-23(16-24(26)33)37-30(29(35-31(37)39)25-5-3-4-14-34-25)28-13-12-27(38-28)21-6-8-22(32)9-7-21/h3-14,16,19-20,29-30H,15,17-18H2,1-2H3,(H,35,39)/t19-,20-,29+,30+/m1/s1. The molecule has 200 valence electrons. The summed E-state index contributed by atoms with van der Waals surface area (Å²) in [5.41, 5.74) is 3.90. The number of anilines is 2. The smallest absolute Gasteiger partial charge is 0.174 e. The van der Waals surface area contributed by atoms with E-state index in [-0.39, 0.29) is 12.1 Å². The lowest BCUT2D eigenvalue weighted by Crippen LogP contribution is -2.38. The number of nitrogens with zero attached hydrogens (tertiary/aromatic N) is 3. The summed E-state index contributed by atoms with van der Waals surface area (Å²) in [5, 5.41) is 4.85. The van der Waals surface area contributed by atoms with Gasteiger partial charge in [-0.05, 0) is 85.1 Å². The quantitative estimate of drug-likeness (QED) is 0.226. The molecule has 6 rings (SSSR count). The van der Waals surface area contributed by atoms with Gasteiger partial charge >= 0.3 is 0 Å². The third kappa shape index (κ3) is 5.32. The van der Waals surface area contributed by atoms with Gasteiger partial charge in [-0.25, -0.2) is 0 Å².